The minimum Gasteiger partial charge on any atom is -0.392 e. The van der Waals surface area contributed by atoms with Crippen LogP contribution in [0.2, 0.25) is 0 Å². The third kappa shape index (κ3) is 3.03. The summed E-state index contributed by atoms with van der Waals surface area (Å²) < 4.78 is 4.10. The molecule has 1 aromatic carbocycles. The van der Waals surface area contributed by atoms with Crippen molar-refractivity contribution in [3.63, 3.8) is 0 Å². The zero-order valence-electron chi connectivity index (χ0n) is 15.4. The molecule has 0 amide bonds. The number of aliphatic hydroxyl groups excluding tert-OH is 1. The van der Waals surface area contributed by atoms with Crippen LogP contribution in [0.5, 0.6) is 0 Å². The Morgan fingerprint density at radius 3 is 2.42 bits per heavy atom. The van der Waals surface area contributed by atoms with E-state index in [9.17, 15) is 14.7 Å². The highest BCUT2D eigenvalue weighted by Crippen LogP contribution is 2.20. The van der Waals surface area contributed by atoms with E-state index in [1.807, 2.05) is 42.3 Å². The maximum atomic E-state index is 12.7. The monoisotopic (exact) mass is 357 g/mol. The number of aryl methyl sites for hydroxylation is 1. The maximum absolute atomic E-state index is 12.7. The summed E-state index contributed by atoms with van der Waals surface area (Å²) in [5.74, 6) is 0.531. The third-order valence-corrected chi connectivity index (χ3v) is 4.38. The van der Waals surface area contributed by atoms with Crippen LogP contribution in [-0.4, -0.2) is 36.9 Å². The Morgan fingerprint density at radius 2 is 1.81 bits per heavy atom. The summed E-state index contributed by atoms with van der Waals surface area (Å²) >= 11 is 0. The summed E-state index contributed by atoms with van der Waals surface area (Å²) in [6, 6.07) is 9.88. The Hall–Kier alpha value is -2.87. The molecule has 0 spiro atoms. The summed E-state index contributed by atoms with van der Waals surface area (Å²) in [5.41, 5.74) is 0.864. The van der Waals surface area contributed by atoms with Gasteiger partial charge < -0.3 is 14.6 Å². The third-order valence-electron chi connectivity index (χ3n) is 4.38. The van der Waals surface area contributed by atoms with Gasteiger partial charge in [0.05, 0.1) is 12.6 Å². The zero-order valence-corrected chi connectivity index (χ0v) is 15.4. The van der Waals surface area contributed by atoms with Gasteiger partial charge in [-0.25, -0.2) is 4.79 Å². The lowest BCUT2D eigenvalue weighted by atomic mass is 10.2. The molecule has 0 aliphatic rings. The summed E-state index contributed by atoms with van der Waals surface area (Å²) in [6.07, 6.45) is -0.668. The van der Waals surface area contributed by atoms with E-state index in [-0.39, 0.29) is 6.54 Å². The lowest BCUT2D eigenvalue weighted by Crippen LogP contribution is -2.37. The van der Waals surface area contributed by atoms with Crippen LogP contribution in [0.15, 0.2) is 39.9 Å². The fourth-order valence-corrected chi connectivity index (χ4v) is 3.09. The molecular weight excluding hydrogens is 334 g/mol. The highest BCUT2D eigenvalue weighted by atomic mass is 16.3. The minimum absolute atomic E-state index is 0.207. The van der Waals surface area contributed by atoms with Gasteiger partial charge in [-0.2, -0.15) is 4.98 Å². The van der Waals surface area contributed by atoms with Crippen LogP contribution in [-0.2, 0) is 27.2 Å². The van der Waals surface area contributed by atoms with Gasteiger partial charge in [0.25, 0.3) is 5.56 Å². The summed E-state index contributed by atoms with van der Waals surface area (Å²) in [7, 11) is 4.90. The molecular formula is C18H23N5O3. The highest BCUT2D eigenvalue weighted by molar-refractivity contribution is 5.74. The van der Waals surface area contributed by atoms with Crippen LogP contribution in [0.25, 0.3) is 11.2 Å². The molecule has 3 rings (SSSR count). The van der Waals surface area contributed by atoms with Gasteiger partial charge in [-0.3, -0.25) is 13.9 Å². The zero-order chi connectivity index (χ0) is 19.0. The quantitative estimate of drug-likeness (QED) is 0.717. The number of rotatable bonds is 5. The van der Waals surface area contributed by atoms with Gasteiger partial charge in [0.1, 0.15) is 0 Å². The van der Waals surface area contributed by atoms with E-state index in [1.165, 1.54) is 11.6 Å². The van der Waals surface area contributed by atoms with Crippen molar-refractivity contribution >= 4 is 17.1 Å². The molecule has 3 aromatic rings. The van der Waals surface area contributed by atoms with E-state index in [4.69, 9.17) is 0 Å². The van der Waals surface area contributed by atoms with E-state index in [0.717, 1.165) is 10.1 Å². The van der Waals surface area contributed by atoms with Crippen molar-refractivity contribution in [2.75, 3.05) is 11.9 Å². The highest BCUT2D eigenvalue weighted by Gasteiger charge is 2.22. The molecule has 0 radical (unpaired) electrons. The fraction of sp³-hybridized carbons (Fsp3) is 0.389. The summed E-state index contributed by atoms with van der Waals surface area (Å²) in [5, 5.41) is 9.92. The number of nitrogens with zero attached hydrogens (tertiary/aromatic N) is 5. The van der Waals surface area contributed by atoms with Crippen LogP contribution in [0.1, 0.15) is 12.5 Å². The molecule has 1 N–H and O–H groups in total. The molecule has 1 atom stereocenters. The molecule has 8 nitrogen and oxygen atoms in total. The molecule has 0 saturated carbocycles. The van der Waals surface area contributed by atoms with Gasteiger partial charge in [0.15, 0.2) is 11.2 Å². The Bertz CT molecular complexity index is 1050. The molecule has 26 heavy (non-hydrogen) atoms. The number of anilines is 1. The molecule has 0 fully saturated rings. The molecule has 138 valence electrons. The van der Waals surface area contributed by atoms with E-state index in [1.54, 1.807) is 18.5 Å². The van der Waals surface area contributed by atoms with E-state index >= 15 is 0 Å². The predicted octanol–water partition coefficient (Wildman–Crippen LogP) is 0.451. The van der Waals surface area contributed by atoms with Gasteiger partial charge in [0.2, 0.25) is 5.95 Å². The Labute approximate surface area is 150 Å². The van der Waals surface area contributed by atoms with Crippen molar-refractivity contribution in [1.82, 2.24) is 18.7 Å². The Morgan fingerprint density at radius 1 is 1.15 bits per heavy atom. The first-order valence-electron chi connectivity index (χ1n) is 8.40. The van der Waals surface area contributed by atoms with Crippen molar-refractivity contribution in [2.24, 2.45) is 14.1 Å². The lowest BCUT2D eigenvalue weighted by Gasteiger charge is -2.20. The SMILES string of the molecule is CC(O)Cn1c(N(C)Cc2ccccc2)nc2c1c(=O)n(C)c(=O)n2C. The van der Waals surface area contributed by atoms with E-state index < -0.39 is 17.4 Å². The Kier molecular flexibility index (Phi) is 4.69. The Balaban J connectivity index is 2.21. The number of hydrogen-bond acceptors (Lipinski definition) is 5. The van der Waals surface area contributed by atoms with Crippen molar-refractivity contribution in [2.45, 2.75) is 26.1 Å². The van der Waals surface area contributed by atoms with Crippen LogP contribution in [0.3, 0.4) is 0 Å². The number of imidazole rings is 1. The molecule has 1 unspecified atom stereocenters. The molecule has 8 heteroatoms. The van der Waals surface area contributed by atoms with Crippen LogP contribution < -0.4 is 16.1 Å². The number of hydrogen-bond donors (Lipinski definition) is 1. The van der Waals surface area contributed by atoms with Gasteiger partial charge in [0, 0.05) is 27.7 Å². The number of aliphatic hydroxyl groups is 1. The van der Waals surface area contributed by atoms with Crippen molar-refractivity contribution < 1.29 is 5.11 Å². The second-order valence-corrected chi connectivity index (χ2v) is 6.59. The lowest BCUT2D eigenvalue weighted by molar-refractivity contribution is 0.175. The summed E-state index contributed by atoms with van der Waals surface area (Å²) in [4.78, 5) is 31.4. The van der Waals surface area contributed by atoms with Crippen LogP contribution in [0.4, 0.5) is 5.95 Å². The molecule has 0 aliphatic carbocycles. The van der Waals surface area contributed by atoms with Crippen molar-refractivity contribution in [3.05, 3.63) is 56.7 Å². The average Bonchev–Trinajstić information content (AvgIpc) is 2.98. The number of fused-ring (bicyclic) bond motifs is 1. The molecule has 2 heterocycles. The minimum atomic E-state index is -0.668. The molecule has 0 bridgehead atoms. The first-order chi connectivity index (χ1) is 12.3. The van der Waals surface area contributed by atoms with Gasteiger partial charge in [-0.15, -0.1) is 0 Å². The van der Waals surface area contributed by atoms with Crippen LogP contribution in [0, 0.1) is 0 Å². The smallest absolute Gasteiger partial charge is 0.332 e. The number of benzene rings is 1. The van der Waals surface area contributed by atoms with Gasteiger partial charge in [-0.05, 0) is 12.5 Å². The van der Waals surface area contributed by atoms with Crippen molar-refractivity contribution in [1.29, 1.82) is 0 Å². The summed E-state index contributed by atoms with van der Waals surface area (Å²) in [6.45, 7) is 2.44. The maximum Gasteiger partial charge on any atom is 0.332 e. The largest absolute Gasteiger partial charge is 0.392 e. The standard InChI is InChI=1S/C18H23N5O3/c1-12(24)10-23-14-15(21(3)18(26)22(4)16(14)25)19-17(23)20(2)11-13-8-6-5-7-9-13/h5-9,12,24H,10-11H2,1-4H3. The van der Waals surface area contributed by atoms with Gasteiger partial charge in [-0.1, -0.05) is 30.3 Å². The first-order valence-corrected chi connectivity index (χ1v) is 8.40. The first kappa shape index (κ1) is 17.9. The number of aromatic nitrogens is 4. The predicted molar refractivity (Wildman–Crippen MR) is 100 cm³/mol. The van der Waals surface area contributed by atoms with Gasteiger partial charge >= 0.3 is 5.69 Å². The normalized spacial score (nSPS) is 12.5. The van der Waals surface area contributed by atoms with Crippen molar-refractivity contribution in [3.8, 4) is 0 Å². The topological polar surface area (TPSA) is 85.3 Å². The van der Waals surface area contributed by atoms with E-state index in [2.05, 4.69) is 4.98 Å². The second-order valence-electron chi connectivity index (χ2n) is 6.59. The van der Waals surface area contributed by atoms with Crippen LogP contribution >= 0.6 is 0 Å². The second kappa shape index (κ2) is 6.80. The van der Waals surface area contributed by atoms with E-state index in [0.29, 0.717) is 23.7 Å². The average molecular weight is 357 g/mol. The fourth-order valence-electron chi connectivity index (χ4n) is 3.09. The molecule has 0 aliphatic heterocycles. The molecule has 2 aromatic heterocycles. The molecule has 0 saturated heterocycles.